The summed E-state index contributed by atoms with van der Waals surface area (Å²) in [6.07, 6.45) is 30.1. The first-order valence-corrected chi connectivity index (χ1v) is 17.4. The zero-order valence-electron chi connectivity index (χ0n) is 27.0. The van der Waals surface area contributed by atoms with Crippen molar-refractivity contribution in [2.24, 2.45) is 5.92 Å². The van der Waals surface area contributed by atoms with E-state index in [4.69, 9.17) is 9.47 Å². The summed E-state index contributed by atoms with van der Waals surface area (Å²) in [4.78, 5) is 23.7. The molecule has 0 amide bonds. The third kappa shape index (κ3) is 31.4. The fourth-order valence-corrected chi connectivity index (χ4v) is 5.09. The van der Waals surface area contributed by atoms with Crippen molar-refractivity contribution in [3.8, 4) is 0 Å². The van der Waals surface area contributed by atoms with Crippen LogP contribution in [0, 0.1) is 5.92 Å². The fraction of sp³-hybridized carbons (Fsp3) is 0.943. The van der Waals surface area contributed by atoms with Crippen molar-refractivity contribution < 1.29 is 24.2 Å². The minimum Gasteiger partial charge on any atom is -0.463 e. The van der Waals surface area contributed by atoms with Gasteiger partial charge in [-0.15, -0.1) is 0 Å². The Hall–Kier alpha value is -1.10. The van der Waals surface area contributed by atoms with Crippen LogP contribution in [0.15, 0.2) is 0 Å². The van der Waals surface area contributed by atoms with Gasteiger partial charge in [0.2, 0.25) is 0 Å². The molecule has 0 spiro atoms. The average Bonchev–Trinajstić information content (AvgIpc) is 2.93. The number of carbonyl (C=O) groups excluding carboxylic acids is 2. The number of carbonyl (C=O) groups is 2. The van der Waals surface area contributed by atoms with E-state index >= 15 is 0 Å². The molecule has 0 aromatic rings. The molecule has 0 saturated heterocycles. The van der Waals surface area contributed by atoms with Crippen LogP contribution in [0.2, 0.25) is 0 Å². The molecule has 5 heteroatoms. The summed E-state index contributed by atoms with van der Waals surface area (Å²) in [5.41, 5.74) is 0. The van der Waals surface area contributed by atoms with Gasteiger partial charge in [0.05, 0.1) is 0 Å². The SMILES string of the molecule is CCCCCCCCCCCC(=O)OC[C@@H](O)COC(=O)CCCCCCCCCCCCCCCCC(C)C. The van der Waals surface area contributed by atoms with E-state index in [-0.39, 0.29) is 25.2 Å². The summed E-state index contributed by atoms with van der Waals surface area (Å²) in [6, 6.07) is 0. The van der Waals surface area contributed by atoms with Crippen molar-refractivity contribution >= 4 is 11.9 Å². The molecule has 0 aromatic heterocycles. The van der Waals surface area contributed by atoms with E-state index in [2.05, 4.69) is 20.8 Å². The van der Waals surface area contributed by atoms with Crippen LogP contribution in [0.4, 0.5) is 0 Å². The molecule has 0 saturated carbocycles. The van der Waals surface area contributed by atoms with E-state index in [1.165, 1.54) is 122 Å². The van der Waals surface area contributed by atoms with Crippen molar-refractivity contribution in [2.45, 2.75) is 194 Å². The zero-order valence-corrected chi connectivity index (χ0v) is 27.0. The van der Waals surface area contributed by atoms with Gasteiger partial charge in [-0.05, 0) is 18.8 Å². The van der Waals surface area contributed by atoms with E-state index in [0.29, 0.717) is 12.8 Å². The smallest absolute Gasteiger partial charge is 0.305 e. The Morgan fingerprint density at radius 2 is 0.800 bits per heavy atom. The Morgan fingerprint density at radius 1 is 0.500 bits per heavy atom. The van der Waals surface area contributed by atoms with Crippen LogP contribution < -0.4 is 0 Å². The number of ether oxygens (including phenoxy) is 2. The highest BCUT2D eigenvalue weighted by molar-refractivity contribution is 5.69. The molecular formula is C35H68O5. The lowest BCUT2D eigenvalue weighted by Gasteiger charge is -2.12. The third-order valence-electron chi connectivity index (χ3n) is 7.77. The largest absolute Gasteiger partial charge is 0.463 e. The Kier molecular flexibility index (Phi) is 30.0. The van der Waals surface area contributed by atoms with Crippen LogP contribution in [0.3, 0.4) is 0 Å². The quantitative estimate of drug-likeness (QED) is 0.0665. The molecule has 1 atom stereocenters. The van der Waals surface area contributed by atoms with Crippen LogP contribution in [0.25, 0.3) is 0 Å². The normalized spacial score (nSPS) is 12.1. The van der Waals surface area contributed by atoms with Gasteiger partial charge in [0.1, 0.15) is 19.3 Å². The average molecular weight is 569 g/mol. The number of rotatable bonds is 31. The molecule has 0 aliphatic carbocycles. The highest BCUT2D eigenvalue weighted by atomic mass is 16.6. The number of aliphatic hydroxyl groups is 1. The van der Waals surface area contributed by atoms with Gasteiger partial charge in [-0.25, -0.2) is 0 Å². The van der Waals surface area contributed by atoms with Crippen molar-refractivity contribution in [3.05, 3.63) is 0 Å². The monoisotopic (exact) mass is 569 g/mol. The van der Waals surface area contributed by atoms with Gasteiger partial charge in [-0.3, -0.25) is 9.59 Å². The molecule has 0 heterocycles. The second-order valence-electron chi connectivity index (χ2n) is 12.5. The number of unbranched alkanes of at least 4 members (excludes halogenated alkanes) is 21. The molecule has 5 nitrogen and oxygen atoms in total. The maximum Gasteiger partial charge on any atom is 0.305 e. The van der Waals surface area contributed by atoms with Crippen LogP contribution in [-0.4, -0.2) is 36.4 Å². The van der Waals surface area contributed by atoms with Crippen LogP contribution in [-0.2, 0) is 19.1 Å². The lowest BCUT2D eigenvalue weighted by atomic mass is 10.0. The zero-order chi connectivity index (χ0) is 29.5. The van der Waals surface area contributed by atoms with E-state index in [1.807, 2.05) is 0 Å². The molecule has 1 N–H and O–H groups in total. The topological polar surface area (TPSA) is 72.8 Å². The summed E-state index contributed by atoms with van der Waals surface area (Å²) in [6.45, 7) is 6.64. The molecule has 40 heavy (non-hydrogen) atoms. The minimum atomic E-state index is -0.953. The summed E-state index contributed by atoms with van der Waals surface area (Å²) in [7, 11) is 0. The van der Waals surface area contributed by atoms with Crippen LogP contribution in [0.1, 0.15) is 188 Å². The number of hydrogen-bond donors (Lipinski definition) is 1. The minimum absolute atomic E-state index is 0.109. The second kappa shape index (κ2) is 30.8. The summed E-state index contributed by atoms with van der Waals surface area (Å²) in [5, 5.41) is 9.94. The lowest BCUT2D eigenvalue weighted by Crippen LogP contribution is -2.25. The molecule has 0 aromatic carbocycles. The maximum absolute atomic E-state index is 11.9. The first-order chi connectivity index (χ1) is 19.5. The summed E-state index contributed by atoms with van der Waals surface area (Å²) >= 11 is 0. The van der Waals surface area contributed by atoms with Gasteiger partial charge in [0.15, 0.2) is 0 Å². The van der Waals surface area contributed by atoms with E-state index in [1.54, 1.807) is 0 Å². The maximum atomic E-state index is 11.9. The number of hydrogen-bond acceptors (Lipinski definition) is 5. The Bertz CT molecular complexity index is 548. The fourth-order valence-electron chi connectivity index (χ4n) is 5.09. The standard InChI is InChI=1S/C35H68O5/c1-4-5-6-7-8-15-19-22-25-28-34(37)39-30-33(36)31-40-35(38)29-26-23-20-17-14-12-10-9-11-13-16-18-21-24-27-32(2)3/h32-33,36H,4-31H2,1-3H3/t33-/m1/s1. The van der Waals surface area contributed by atoms with E-state index in [0.717, 1.165) is 38.0 Å². The molecular weight excluding hydrogens is 500 g/mol. The summed E-state index contributed by atoms with van der Waals surface area (Å²) < 4.78 is 10.3. The highest BCUT2D eigenvalue weighted by Crippen LogP contribution is 2.15. The molecule has 0 radical (unpaired) electrons. The highest BCUT2D eigenvalue weighted by Gasteiger charge is 2.12. The second-order valence-corrected chi connectivity index (χ2v) is 12.5. The predicted octanol–water partition coefficient (Wildman–Crippen LogP) is 10.3. The Morgan fingerprint density at radius 3 is 1.12 bits per heavy atom. The molecule has 0 aliphatic heterocycles. The van der Waals surface area contributed by atoms with Crippen molar-refractivity contribution in [1.82, 2.24) is 0 Å². The van der Waals surface area contributed by atoms with Crippen LogP contribution in [0.5, 0.6) is 0 Å². The predicted molar refractivity (Wildman–Crippen MR) is 168 cm³/mol. The van der Waals surface area contributed by atoms with E-state index in [9.17, 15) is 14.7 Å². The number of esters is 2. The molecule has 0 rings (SSSR count). The van der Waals surface area contributed by atoms with Crippen molar-refractivity contribution in [2.75, 3.05) is 13.2 Å². The van der Waals surface area contributed by atoms with Gasteiger partial charge < -0.3 is 14.6 Å². The van der Waals surface area contributed by atoms with Gasteiger partial charge in [0, 0.05) is 12.8 Å². The third-order valence-corrected chi connectivity index (χ3v) is 7.77. The van der Waals surface area contributed by atoms with E-state index < -0.39 is 6.10 Å². The molecule has 0 aliphatic rings. The molecule has 238 valence electrons. The molecule has 0 unspecified atom stereocenters. The Labute approximate surface area is 248 Å². The Balaban J connectivity index is 3.38. The van der Waals surface area contributed by atoms with Crippen molar-refractivity contribution in [1.29, 1.82) is 0 Å². The molecule has 0 fully saturated rings. The van der Waals surface area contributed by atoms with Gasteiger partial charge in [-0.2, -0.15) is 0 Å². The van der Waals surface area contributed by atoms with Gasteiger partial charge in [0.25, 0.3) is 0 Å². The lowest BCUT2D eigenvalue weighted by molar-refractivity contribution is -0.152. The summed E-state index contributed by atoms with van der Waals surface area (Å²) in [5.74, 6) is 0.294. The van der Waals surface area contributed by atoms with Gasteiger partial charge in [-0.1, -0.05) is 162 Å². The van der Waals surface area contributed by atoms with Gasteiger partial charge >= 0.3 is 11.9 Å². The molecule has 0 bridgehead atoms. The first-order valence-electron chi connectivity index (χ1n) is 17.4. The number of aliphatic hydroxyl groups excluding tert-OH is 1. The van der Waals surface area contributed by atoms with Crippen LogP contribution >= 0.6 is 0 Å². The van der Waals surface area contributed by atoms with Crippen molar-refractivity contribution in [3.63, 3.8) is 0 Å². The first kappa shape index (κ1) is 38.9.